The second-order valence-corrected chi connectivity index (χ2v) is 5.96. The van der Waals surface area contributed by atoms with Crippen LogP contribution in [0.1, 0.15) is 23.7 Å². The van der Waals surface area contributed by atoms with Gasteiger partial charge in [-0.2, -0.15) is 11.8 Å². The molecule has 3 N–H and O–H groups in total. The van der Waals surface area contributed by atoms with E-state index in [0.717, 1.165) is 10.9 Å². The Kier molecular flexibility index (Phi) is 5.85. The number of amides is 1. The minimum atomic E-state index is -0.0857. The van der Waals surface area contributed by atoms with Gasteiger partial charge in [0.2, 0.25) is 0 Å². The van der Waals surface area contributed by atoms with Gasteiger partial charge in [0.05, 0.1) is 5.56 Å². The van der Waals surface area contributed by atoms with Crippen LogP contribution in [0, 0.1) is 0 Å². The molecule has 0 aliphatic carbocycles. The molecule has 1 rings (SSSR count). The molecular formula is C12H17BrN2OS. The summed E-state index contributed by atoms with van der Waals surface area (Å²) in [6, 6.07) is 5.23. The van der Waals surface area contributed by atoms with E-state index >= 15 is 0 Å². The molecule has 1 aromatic carbocycles. The minimum Gasteiger partial charge on any atom is -0.399 e. The topological polar surface area (TPSA) is 55.1 Å². The van der Waals surface area contributed by atoms with E-state index in [4.69, 9.17) is 5.73 Å². The van der Waals surface area contributed by atoms with Crippen molar-refractivity contribution in [1.82, 2.24) is 5.32 Å². The molecule has 0 aliphatic heterocycles. The Morgan fingerprint density at radius 1 is 1.59 bits per heavy atom. The Bertz CT molecular complexity index is 398. The molecule has 3 nitrogen and oxygen atoms in total. The van der Waals surface area contributed by atoms with Crippen LogP contribution in [0.2, 0.25) is 0 Å². The molecule has 0 bridgehead atoms. The fourth-order valence-electron chi connectivity index (χ4n) is 1.32. The molecule has 1 amide bonds. The maximum absolute atomic E-state index is 11.9. The van der Waals surface area contributed by atoms with Gasteiger partial charge in [-0.1, -0.05) is 6.92 Å². The molecule has 1 atom stereocenters. The molecule has 17 heavy (non-hydrogen) atoms. The van der Waals surface area contributed by atoms with Crippen LogP contribution in [0.5, 0.6) is 0 Å². The molecule has 0 saturated carbocycles. The van der Waals surface area contributed by atoms with Gasteiger partial charge in [0.15, 0.2) is 0 Å². The van der Waals surface area contributed by atoms with E-state index in [-0.39, 0.29) is 5.91 Å². The summed E-state index contributed by atoms with van der Waals surface area (Å²) in [6.07, 6.45) is 3.04. The Hall–Kier alpha value is -0.680. The van der Waals surface area contributed by atoms with Crippen molar-refractivity contribution < 1.29 is 4.79 Å². The monoisotopic (exact) mass is 316 g/mol. The molecule has 0 aliphatic rings. The van der Waals surface area contributed by atoms with Gasteiger partial charge in [-0.15, -0.1) is 0 Å². The number of hydrogen-bond acceptors (Lipinski definition) is 3. The van der Waals surface area contributed by atoms with E-state index in [0.29, 0.717) is 23.0 Å². The van der Waals surface area contributed by atoms with Crippen LogP contribution in [-0.4, -0.2) is 24.0 Å². The number of nitrogens with two attached hydrogens (primary N) is 1. The van der Waals surface area contributed by atoms with Crippen LogP contribution in [-0.2, 0) is 0 Å². The maximum atomic E-state index is 11.9. The van der Waals surface area contributed by atoms with Crippen LogP contribution in [0.4, 0.5) is 5.69 Å². The molecule has 0 radical (unpaired) electrons. The Labute approximate surface area is 115 Å². The summed E-state index contributed by atoms with van der Waals surface area (Å²) in [5.41, 5.74) is 6.84. The van der Waals surface area contributed by atoms with E-state index in [1.807, 2.05) is 0 Å². The van der Waals surface area contributed by atoms with Crippen LogP contribution in [0.15, 0.2) is 22.7 Å². The van der Waals surface area contributed by atoms with Crippen molar-refractivity contribution in [1.29, 1.82) is 0 Å². The molecule has 94 valence electrons. The molecule has 0 fully saturated rings. The largest absolute Gasteiger partial charge is 0.399 e. The SMILES string of the molecule is CSC(C)CCNC(=O)c1cc(N)ccc1Br. The number of carbonyl (C=O) groups excluding carboxylic acids is 1. The summed E-state index contributed by atoms with van der Waals surface area (Å²) in [4.78, 5) is 11.9. The minimum absolute atomic E-state index is 0.0857. The smallest absolute Gasteiger partial charge is 0.252 e. The third-order valence-corrected chi connectivity index (χ3v) is 4.21. The number of nitrogen functional groups attached to an aromatic ring is 1. The van der Waals surface area contributed by atoms with Crippen molar-refractivity contribution in [2.75, 3.05) is 18.5 Å². The quantitative estimate of drug-likeness (QED) is 0.821. The van der Waals surface area contributed by atoms with Gasteiger partial charge in [0, 0.05) is 22.0 Å². The molecule has 0 heterocycles. The Morgan fingerprint density at radius 3 is 2.94 bits per heavy atom. The fourth-order valence-corrected chi connectivity index (χ4v) is 2.10. The first-order valence-corrected chi connectivity index (χ1v) is 7.48. The highest BCUT2D eigenvalue weighted by Gasteiger charge is 2.10. The van der Waals surface area contributed by atoms with Crippen molar-refractivity contribution in [3.8, 4) is 0 Å². The zero-order valence-corrected chi connectivity index (χ0v) is 12.4. The highest BCUT2D eigenvalue weighted by Crippen LogP contribution is 2.19. The summed E-state index contributed by atoms with van der Waals surface area (Å²) in [5, 5.41) is 3.45. The maximum Gasteiger partial charge on any atom is 0.252 e. The average Bonchev–Trinajstić information content (AvgIpc) is 2.31. The summed E-state index contributed by atoms with van der Waals surface area (Å²) in [5.74, 6) is -0.0857. The second kappa shape index (κ2) is 6.91. The lowest BCUT2D eigenvalue weighted by molar-refractivity contribution is 0.0952. The van der Waals surface area contributed by atoms with Gasteiger partial charge < -0.3 is 11.1 Å². The predicted molar refractivity (Wildman–Crippen MR) is 78.5 cm³/mol. The lowest BCUT2D eigenvalue weighted by atomic mass is 10.2. The van der Waals surface area contributed by atoms with Gasteiger partial charge >= 0.3 is 0 Å². The molecule has 0 aromatic heterocycles. The first kappa shape index (κ1) is 14.4. The van der Waals surface area contributed by atoms with Gasteiger partial charge in [0.25, 0.3) is 5.91 Å². The third kappa shape index (κ3) is 4.60. The number of thioether (sulfide) groups is 1. The Morgan fingerprint density at radius 2 is 2.29 bits per heavy atom. The van der Waals surface area contributed by atoms with Crippen molar-refractivity contribution in [2.45, 2.75) is 18.6 Å². The highest BCUT2D eigenvalue weighted by atomic mass is 79.9. The molecule has 0 spiro atoms. The van der Waals surface area contributed by atoms with Gasteiger partial charge in [0.1, 0.15) is 0 Å². The van der Waals surface area contributed by atoms with Crippen LogP contribution >= 0.6 is 27.7 Å². The highest BCUT2D eigenvalue weighted by molar-refractivity contribution is 9.10. The van der Waals surface area contributed by atoms with Gasteiger partial charge in [-0.25, -0.2) is 0 Å². The zero-order valence-electron chi connectivity index (χ0n) is 10.00. The first-order valence-electron chi connectivity index (χ1n) is 5.40. The number of anilines is 1. The van der Waals surface area contributed by atoms with Crippen molar-refractivity contribution in [3.63, 3.8) is 0 Å². The lowest BCUT2D eigenvalue weighted by Crippen LogP contribution is -2.26. The zero-order chi connectivity index (χ0) is 12.8. The van der Waals surface area contributed by atoms with Crippen molar-refractivity contribution >= 4 is 39.3 Å². The number of hydrogen-bond donors (Lipinski definition) is 2. The van der Waals surface area contributed by atoms with E-state index in [9.17, 15) is 4.79 Å². The number of rotatable bonds is 5. The second-order valence-electron chi connectivity index (χ2n) is 3.83. The first-order chi connectivity index (χ1) is 8.04. The number of halogens is 1. The van der Waals surface area contributed by atoms with Gasteiger partial charge in [-0.3, -0.25) is 4.79 Å². The molecule has 1 aromatic rings. The molecule has 1 unspecified atom stereocenters. The lowest BCUT2D eigenvalue weighted by Gasteiger charge is -2.10. The van der Waals surface area contributed by atoms with Gasteiger partial charge in [-0.05, 0) is 46.8 Å². The number of nitrogens with one attached hydrogen (secondary N) is 1. The molecule has 5 heteroatoms. The fraction of sp³-hybridized carbons (Fsp3) is 0.417. The van der Waals surface area contributed by atoms with E-state index in [1.54, 1.807) is 30.0 Å². The summed E-state index contributed by atoms with van der Waals surface area (Å²) < 4.78 is 0.766. The Balaban J connectivity index is 2.55. The summed E-state index contributed by atoms with van der Waals surface area (Å²) >= 11 is 5.14. The molecule has 0 saturated heterocycles. The third-order valence-electron chi connectivity index (χ3n) is 2.47. The molecular weight excluding hydrogens is 300 g/mol. The number of benzene rings is 1. The van der Waals surface area contributed by atoms with Crippen LogP contribution < -0.4 is 11.1 Å². The van der Waals surface area contributed by atoms with Crippen LogP contribution in [0.25, 0.3) is 0 Å². The normalized spacial score (nSPS) is 12.2. The van der Waals surface area contributed by atoms with Crippen molar-refractivity contribution in [3.05, 3.63) is 28.2 Å². The van der Waals surface area contributed by atoms with Crippen molar-refractivity contribution in [2.24, 2.45) is 0 Å². The summed E-state index contributed by atoms with van der Waals surface area (Å²) in [7, 11) is 0. The van der Waals surface area contributed by atoms with E-state index < -0.39 is 0 Å². The standard InChI is InChI=1S/C12H17BrN2OS/c1-8(17-2)5-6-15-12(16)10-7-9(14)3-4-11(10)13/h3-4,7-8H,5-6,14H2,1-2H3,(H,15,16). The predicted octanol–water partition coefficient (Wildman–Crippen LogP) is 2.90. The number of carbonyl (C=O) groups is 1. The van der Waals surface area contributed by atoms with E-state index in [2.05, 4.69) is 34.4 Å². The summed E-state index contributed by atoms with van der Waals surface area (Å²) in [6.45, 7) is 2.83. The van der Waals surface area contributed by atoms with E-state index in [1.165, 1.54) is 0 Å². The van der Waals surface area contributed by atoms with Crippen LogP contribution in [0.3, 0.4) is 0 Å². The average molecular weight is 317 g/mol.